The Morgan fingerprint density at radius 3 is 3.00 bits per heavy atom. The second kappa shape index (κ2) is 7.82. The molecule has 3 nitrogen and oxygen atoms in total. The van der Waals surface area contributed by atoms with E-state index in [1.165, 1.54) is 7.11 Å². The fourth-order valence-corrected chi connectivity index (χ4v) is 1.80. The summed E-state index contributed by atoms with van der Waals surface area (Å²) in [4.78, 5) is 22.3. The summed E-state index contributed by atoms with van der Waals surface area (Å²) in [6.45, 7) is 0. The molecule has 1 aliphatic carbocycles. The molecular weight excluding hydrogens is 216 g/mol. The molecule has 0 spiro atoms. The van der Waals surface area contributed by atoms with Crippen molar-refractivity contribution in [2.45, 2.75) is 44.9 Å². The molecule has 94 valence electrons. The van der Waals surface area contributed by atoms with Gasteiger partial charge < -0.3 is 4.74 Å². The standard InChI is InChI=1S/C14H20O3/c1-17-14(16)11-5-3-2-4-8-12-9-6-7-10-13(12)15/h2,4,9H,3,5-8,10-11H2,1H3/b4-2+. The highest BCUT2D eigenvalue weighted by atomic mass is 16.5. The minimum atomic E-state index is -0.163. The zero-order valence-corrected chi connectivity index (χ0v) is 10.4. The van der Waals surface area contributed by atoms with Crippen molar-refractivity contribution in [3.63, 3.8) is 0 Å². The van der Waals surface area contributed by atoms with Crippen molar-refractivity contribution in [1.29, 1.82) is 0 Å². The maximum Gasteiger partial charge on any atom is 0.305 e. The molecule has 0 N–H and O–H groups in total. The van der Waals surface area contributed by atoms with E-state index in [0.29, 0.717) is 12.8 Å². The van der Waals surface area contributed by atoms with E-state index in [1.807, 2.05) is 18.2 Å². The summed E-state index contributed by atoms with van der Waals surface area (Å²) in [6, 6.07) is 0. The molecule has 0 atom stereocenters. The number of carbonyl (C=O) groups is 2. The van der Waals surface area contributed by atoms with Gasteiger partial charge in [0, 0.05) is 12.8 Å². The van der Waals surface area contributed by atoms with Gasteiger partial charge >= 0.3 is 5.97 Å². The molecule has 0 aromatic rings. The lowest BCUT2D eigenvalue weighted by Crippen LogP contribution is -2.05. The van der Waals surface area contributed by atoms with Crippen molar-refractivity contribution in [3.05, 3.63) is 23.8 Å². The molecule has 0 heterocycles. The van der Waals surface area contributed by atoms with Crippen LogP contribution in [-0.4, -0.2) is 18.9 Å². The van der Waals surface area contributed by atoms with Gasteiger partial charge in [-0.2, -0.15) is 0 Å². The lowest BCUT2D eigenvalue weighted by molar-refractivity contribution is -0.140. The molecule has 1 rings (SSSR count). The second-order valence-corrected chi connectivity index (χ2v) is 4.19. The Kier molecular flexibility index (Phi) is 6.30. The summed E-state index contributed by atoms with van der Waals surface area (Å²) in [5, 5.41) is 0. The van der Waals surface area contributed by atoms with E-state index < -0.39 is 0 Å². The molecule has 0 aliphatic heterocycles. The van der Waals surface area contributed by atoms with Crippen molar-refractivity contribution in [2.24, 2.45) is 0 Å². The molecule has 17 heavy (non-hydrogen) atoms. The number of esters is 1. The minimum absolute atomic E-state index is 0.163. The number of methoxy groups -OCH3 is 1. The summed E-state index contributed by atoms with van der Waals surface area (Å²) >= 11 is 0. The smallest absolute Gasteiger partial charge is 0.305 e. The highest BCUT2D eigenvalue weighted by molar-refractivity contribution is 5.96. The van der Waals surface area contributed by atoms with Gasteiger partial charge in [-0.15, -0.1) is 0 Å². The summed E-state index contributed by atoms with van der Waals surface area (Å²) in [7, 11) is 1.40. The fraction of sp³-hybridized carbons (Fsp3) is 0.571. The highest BCUT2D eigenvalue weighted by Gasteiger charge is 2.11. The van der Waals surface area contributed by atoms with Crippen LogP contribution >= 0.6 is 0 Å². The van der Waals surface area contributed by atoms with Crippen LogP contribution in [0.1, 0.15) is 44.9 Å². The average molecular weight is 236 g/mol. The third-order valence-electron chi connectivity index (χ3n) is 2.84. The Hall–Kier alpha value is -1.38. The van der Waals surface area contributed by atoms with Crippen LogP contribution in [0, 0.1) is 0 Å². The average Bonchev–Trinajstić information content (AvgIpc) is 2.35. The van der Waals surface area contributed by atoms with Gasteiger partial charge in [0.15, 0.2) is 5.78 Å². The molecule has 0 aromatic carbocycles. The molecule has 0 saturated heterocycles. The van der Waals surface area contributed by atoms with Crippen LogP contribution in [-0.2, 0) is 14.3 Å². The number of allylic oxidation sites excluding steroid dienone is 4. The topological polar surface area (TPSA) is 43.4 Å². The number of hydrogen-bond donors (Lipinski definition) is 0. The van der Waals surface area contributed by atoms with Gasteiger partial charge in [-0.25, -0.2) is 0 Å². The van der Waals surface area contributed by atoms with Gasteiger partial charge in [0.2, 0.25) is 0 Å². The monoisotopic (exact) mass is 236 g/mol. The third kappa shape index (κ3) is 5.48. The van der Waals surface area contributed by atoms with E-state index in [1.54, 1.807) is 0 Å². The largest absolute Gasteiger partial charge is 0.469 e. The Labute approximate surface area is 103 Å². The first-order valence-electron chi connectivity index (χ1n) is 6.18. The van der Waals surface area contributed by atoms with Gasteiger partial charge in [0.05, 0.1) is 7.11 Å². The van der Waals surface area contributed by atoms with Crippen LogP contribution in [0.2, 0.25) is 0 Å². The van der Waals surface area contributed by atoms with Crippen molar-refractivity contribution in [1.82, 2.24) is 0 Å². The van der Waals surface area contributed by atoms with Gasteiger partial charge in [-0.1, -0.05) is 18.2 Å². The number of rotatable bonds is 6. The summed E-state index contributed by atoms with van der Waals surface area (Å²) in [6.07, 6.45) is 11.7. The quantitative estimate of drug-likeness (QED) is 0.404. The molecule has 0 amide bonds. The molecule has 0 aromatic heterocycles. The fourth-order valence-electron chi connectivity index (χ4n) is 1.80. The summed E-state index contributed by atoms with van der Waals surface area (Å²) in [5.74, 6) is 0.124. The maximum atomic E-state index is 11.5. The first-order valence-corrected chi connectivity index (χ1v) is 6.18. The van der Waals surface area contributed by atoms with E-state index in [0.717, 1.165) is 37.7 Å². The Balaban J connectivity index is 2.15. The Bertz CT molecular complexity index is 326. The SMILES string of the molecule is COC(=O)CCC/C=C/CC1=CCCCC1=O. The molecule has 0 unspecified atom stereocenters. The van der Waals surface area contributed by atoms with Crippen LogP contribution < -0.4 is 0 Å². The van der Waals surface area contributed by atoms with Crippen LogP contribution in [0.3, 0.4) is 0 Å². The van der Waals surface area contributed by atoms with Crippen molar-refractivity contribution in [3.8, 4) is 0 Å². The van der Waals surface area contributed by atoms with Gasteiger partial charge in [-0.05, 0) is 37.7 Å². The molecular formula is C14H20O3. The molecule has 0 saturated carbocycles. The Morgan fingerprint density at radius 1 is 1.47 bits per heavy atom. The van der Waals surface area contributed by atoms with Crippen LogP contribution in [0.15, 0.2) is 23.8 Å². The van der Waals surface area contributed by atoms with E-state index in [9.17, 15) is 9.59 Å². The summed E-state index contributed by atoms with van der Waals surface area (Å²) < 4.78 is 4.55. The molecule has 0 bridgehead atoms. The number of unbranched alkanes of at least 4 members (excludes halogenated alkanes) is 1. The zero-order valence-electron chi connectivity index (χ0n) is 10.4. The van der Waals surface area contributed by atoms with E-state index in [2.05, 4.69) is 4.74 Å². The second-order valence-electron chi connectivity index (χ2n) is 4.19. The molecule has 0 fully saturated rings. The molecule has 0 radical (unpaired) electrons. The first-order chi connectivity index (χ1) is 8.24. The van der Waals surface area contributed by atoms with Gasteiger partial charge in [0.25, 0.3) is 0 Å². The number of carbonyl (C=O) groups excluding carboxylic acids is 2. The lowest BCUT2D eigenvalue weighted by atomic mass is 9.95. The van der Waals surface area contributed by atoms with Crippen LogP contribution in [0.5, 0.6) is 0 Å². The number of hydrogen-bond acceptors (Lipinski definition) is 3. The minimum Gasteiger partial charge on any atom is -0.469 e. The van der Waals surface area contributed by atoms with Gasteiger partial charge in [-0.3, -0.25) is 9.59 Å². The first kappa shape index (κ1) is 13.7. The lowest BCUT2D eigenvalue weighted by Gasteiger charge is -2.08. The predicted octanol–water partition coefficient (Wildman–Crippen LogP) is 2.96. The maximum absolute atomic E-state index is 11.5. The van der Waals surface area contributed by atoms with E-state index in [-0.39, 0.29) is 11.8 Å². The third-order valence-corrected chi connectivity index (χ3v) is 2.84. The van der Waals surface area contributed by atoms with Crippen molar-refractivity contribution >= 4 is 11.8 Å². The van der Waals surface area contributed by atoms with Crippen LogP contribution in [0.4, 0.5) is 0 Å². The van der Waals surface area contributed by atoms with Crippen molar-refractivity contribution in [2.75, 3.05) is 7.11 Å². The van der Waals surface area contributed by atoms with Crippen LogP contribution in [0.25, 0.3) is 0 Å². The van der Waals surface area contributed by atoms with E-state index in [4.69, 9.17) is 0 Å². The number of ketones is 1. The van der Waals surface area contributed by atoms with Gasteiger partial charge in [0.1, 0.15) is 0 Å². The van der Waals surface area contributed by atoms with Crippen molar-refractivity contribution < 1.29 is 14.3 Å². The molecule has 1 aliphatic rings. The Morgan fingerprint density at radius 2 is 2.29 bits per heavy atom. The molecule has 3 heteroatoms. The predicted molar refractivity (Wildman–Crippen MR) is 66.6 cm³/mol. The number of ether oxygens (including phenoxy) is 1. The number of Topliss-reactive ketones (excluding diaryl/α,β-unsaturated/α-hetero) is 1. The highest BCUT2D eigenvalue weighted by Crippen LogP contribution is 2.17. The van der Waals surface area contributed by atoms with E-state index >= 15 is 0 Å². The zero-order chi connectivity index (χ0) is 12.5. The normalized spacial score (nSPS) is 16.1. The summed E-state index contributed by atoms with van der Waals surface area (Å²) in [5.41, 5.74) is 0.945.